The van der Waals surface area contributed by atoms with Crippen LogP contribution in [0.2, 0.25) is 0 Å². The first-order valence-electron chi connectivity index (χ1n) is 18.8. The zero-order chi connectivity index (χ0) is 38.6. The molecule has 7 aromatic carbocycles. The highest BCUT2D eigenvalue weighted by atomic mass is 32.1. The molecule has 11 rings (SSSR count). The van der Waals surface area contributed by atoms with Gasteiger partial charge in [-0.3, -0.25) is 0 Å². The molecule has 0 saturated carbocycles. The number of thiophene rings is 2. The van der Waals surface area contributed by atoms with Gasteiger partial charge in [-0.2, -0.15) is 5.26 Å². The molecule has 0 aliphatic heterocycles. The molecule has 11 aromatic rings. The molecule has 6 nitrogen and oxygen atoms in total. The van der Waals surface area contributed by atoms with Crippen LogP contribution in [0.25, 0.3) is 108 Å². The van der Waals surface area contributed by atoms with Gasteiger partial charge in [0, 0.05) is 58.1 Å². The number of benzene rings is 7. The smallest absolute Gasteiger partial charge is 0.164 e. The Hall–Kier alpha value is -7.44. The lowest BCUT2D eigenvalue weighted by molar-refractivity contribution is 1.07. The van der Waals surface area contributed by atoms with Crippen molar-refractivity contribution in [3.05, 3.63) is 175 Å². The van der Waals surface area contributed by atoms with Crippen LogP contribution in [-0.2, 0) is 0 Å². The second kappa shape index (κ2) is 13.9. The molecule has 4 aromatic heterocycles. The van der Waals surface area contributed by atoms with Crippen LogP contribution in [0.4, 0.5) is 0 Å². The van der Waals surface area contributed by atoms with Gasteiger partial charge >= 0.3 is 0 Å². The lowest BCUT2D eigenvalue weighted by Crippen LogP contribution is -2.00. The molecule has 0 N–H and O–H groups in total. The third-order valence-corrected chi connectivity index (χ3v) is 12.8. The molecule has 0 radical (unpaired) electrons. The molecule has 0 bridgehead atoms. The van der Waals surface area contributed by atoms with Crippen molar-refractivity contribution in [3.8, 4) is 74.0 Å². The van der Waals surface area contributed by atoms with Gasteiger partial charge in [-0.05, 0) is 35.4 Å². The average molecular weight is 777 g/mol. The van der Waals surface area contributed by atoms with E-state index >= 15 is 0 Å². The van der Waals surface area contributed by atoms with Crippen molar-refractivity contribution in [2.24, 2.45) is 0 Å². The highest BCUT2D eigenvalue weighted by molar-refractivity contribution is 7.26. The Morgan fingerprint density at radius 1 is 0.379 bits per heavy atom. The zero-order valence-corrected chi connectivity index (χ0v) is 32.3. The third kappa shape index (κ3) is 5.80. The van der Waals surface area contributed by atoms with Gasteiger partial charge in [0.1, 0.15) is 0 Å². The Kier molecular flexibility index (Phi) is 8.14. The summed E-state index contributed by atoms with van der Waals surface area (Å²) in [6, 6.07) is 59.8. The van der Waals surface area contributed by atoms with Gasteiger partial charge < -0.3 is 0 Å². The van der Waals surface area contributed by atoms with Crippen molar-refractivity contribution < 1.29 is 0 Å². The Bertz CT molecular complexity index is 3400. The van der Waals surface area contributed by atoms with Gasteiger partial charge in [0.05, 0.1) is 27.5 Å². The van der Waals surface area contributed by atoms with Gasteiger partial charge in [0.15, 0.2) is 23.3 Å². The molecule has 0 saturated heterocycles. The fraction of sp³-hybridized carbons (Fsp3) is 0. The van der Waals surface area contributed by atoms with Crippen LogP contribution in [0.15, 0.2) is 170 Å². The van der Waals surface area contributed by atoms with E-state index in [0.717, 1.165) is 80.4 Å². The Morgan fingerprint density at radius 2 is 0.966 bits per heavy atom. The summed E-state index contributed by atoms with van der Waals surface area (Å²) < 4.78 is 4.54. The van der Waals surface area contributed by atoms with Crippen LogP contribution in [0, 0.1) is 11.3 Å². The minimum Gasteiger partial charge on any atom is -0.226 e. The third-order valence-electron chi connectivity index (χ3n) is 10.4. The molecule has 0 atom stereocenters. The Balaban J connectivity index is 1.04. The highest BCUT2D eigenvalue weighted by Gasteiger charge is 2.20. The Labute approximate surface area is 341 Å². The maximum absolute atomic E-state index is 9.69. The van der Waals surface area contributed by atoms with Crippen molar-refractivity contribution in [2.75, 3.05) is 0 Å². The van der Waals surface area contributed by atoms with Gasteiger partial charge in [0.2, 0.25) is 0 Å². The number of fused-ring (bicyclic) bond motifs is 6. The predicted octanol–water partition coefficient (Wildman–Crippen LogP) is 13.3. The fourth-order valence-corrected chi connectivity index (χ4v) is 10.0. The second-order valence-electron chi connectivity index (χ2n) is 13.9. The van der Waals surface area contributed by atoms with E-state index in [1.807, 2.05) is 84.9 Å². The summed E-state index contributed by atoms with van der Waals surface area (Å²) in [6.45, 7) is 0. The second-order valence-corrected chi connectivity index (χ2v) is 16.0. The largest absolute Gasteiger partial charge is 0.226 e. The van der Waals surface area contributed by atoms with Gasteiger partial charge in [-0.15, -0.1) is 22.7 Å². The molecule has 0 aliphatic rings. The van der Waals surface area contributed by atoms with E-state index in [4.69, 9.17) is 24.9 Å². The zero-order valence-electron chi connectivity index (χ0n) is 30.7. The van der Waals surface area contributed by atoms with Crippen molar-refractivity contribution >= 4 is 63.1 Å². The van der Waals surface area contributed by atoms with Crippen LogP contribution in [0.3, 0.4) is 0 Å². The molecule has 0 spiro atoms. The molecular weight excluding hydrogens is 749 g/mol. The number of nitriles is 1. The summed E-state index contributed by atoms with van der Waals surface area (Å²) in [5, 5.41) is 13.1. The molecule has 8 heteroatoms. The lowest BCUT2D eigenvalue weighted by Gasteiger charge is -2.09. The predicted molar refractivity (Wildman–Crippen MR) is 239 cm³/mol. The normalized spacial score (nSPS) is 11.4. The maximum Gasteiger partial charge on any atom is 0.164 e. The SMILES string of the molecule is N#Cc1ccccc1-c1ccc(-c2nc(-c3ccccc3)nc(-c3ccc4c(c3)sc3c(-c5nc(-c6ccccc6)c6sc7ccccc7c6n5)cccc34)n2)cc1. The lowest BCUT2D eigenvalue weighted by atomic mass is 9.99. The summed E-state index contributed by atoms with van der Waals surface area (Å²) in [5.74, 6) is 2.48. The number of aromatic nitrogens is 5. The van der Waals surface area contributed by atoms with Crippen molar-refractivity contribution in [3.63, 3.8) is 0 Å². The van der Waals surface area contributed by atoms with E-state index in [0.29, 0.717) is 28.9 Å². The van der Waals surface area contributed by atoms with Gasteiger partial charge in [-0.1, -0.05) is 146 Å². The van der Waals surface area contributed by atoms with Crippen LogP contribution in [0.1, 0.15) is 5.56 Å². The number of rotatable bonds is 6. The summed E-state index contributed by atoms with van der Waals surface area (Å²) in [6.07, 6.45) is 0. The van der Waals surface area contributed by atoms with Crippen LogP contribution < -0.4 is 0 Å². The Morgan fingerprint density at radius 3 is 1.74 bits per heavy atom. The first-order valence-corrected chi connectivity index (χ1v) is 20.4. The van der Waals surface area contributed by atoms with Gasteiger partial charge in [-0.25, -0.2) is 24.9 Å². The van der Waals surface area contributed by atoms with Crippen LogP contribution >= 0.6 is 22.7 Å². The van der Waals surface area contributed by atoms with E-state index in [-0.39, 0.29) is 0 Å². The van der Waals surface area contributed by atoms with Crippen molar-refractivity contribution in [1.29, 1.82) is 5.26 Å². The van der Waals surface area contributed by atoms with Crippen LogP contribution in [0.5, 0.6) is 0 Å². The van der Waals surface area contributed by atoms with E-state index < -0.39 is 0 Å². The van der Waals surface area contributed by atoms with E-state index in [2.05, 4.69) is 91.0 Å². The van der Waals surface area contributed by atoms with E-state index in [9.17, 15) is 5.26 Å². The molecule has 0 amide bonds. The summed E-state index contributed by atoms with van der Waals surface area (Å²) in [5.41, 5.74) is 9.15. The van der Waals surface area contributed by atoms with Gasteiger partial charge in [0.25, 0.3) is 0 Å². The van der Waals surface area contributed by atoms with E-state index in [1.165, 1.54) is 4.70 Å². The topological polar surface area (TPSA) is 88.2 Å². The monoisotopic (exact) mass is 776 g/mol. The maximum atomic E-state index is 9.69. The standard InChI is InChI=1S/C50H28N6S2/c51-29-35-16-7-8-17-36(35)30-22-24-33(25-23-30)48-54-47(32-14-5-2-6-15-32)55-49(56-48)34-26-27-37-38-19-11-20-40(45(38)58-42(37)28-34)50-52-43(31-12-3-1-4-13-31)46-44(53-50)39-18-9-10-21-41(39)57-46/h1-28H. The minimum absolute atomic E-state index is 0.574. The molecular formula is C50H28N6S2. The minimum atomic E-state index is 0.574. The molecule has 0 unspecified atom stereocenters. The molecule has 4 heterocycles. The molecule has 0 aliphatic carbocycles. The number of hydrogen-bond donors (Lipinski definition) is 0. The number of hydrogen-bond acceptors (Lipinski definition) is 8. The van der Waals surface area contributed by atoms with Crippen molar-refractivity contribution in [2.45, 2.75) is 0 Å². The van der Waals surface area contributed by atoms with Crippen LogP contribution in [-0.4, -0.2) is 24.9 Å². The summed E-state index contributed by atoms with van der Waals surface area (Å²) in [7, 11) is 0. The summed E-state index contributed by atoms with van der Waals surface area (Å²) in [4.78, 5) is 25.6. The molecule has 270 valence electrons. The quantitative estimate of drug-likeness (QED) is 0.167. The molecule has 58 heavy (non-hydrogen) atoms. The fourth-order valence-electron chi connectivity index (χ4n) is 7.60. The first-order chi connectivity index (χ1) is 28.7. The highest BCUT2D eigenvalue weighted by Crippen LogP contribution is 2.43. The number of nitrogens with zero attached hydrogens (tertiary/aromatic N) is 6. The average Bonchev–Trinajstić information content (AvgIpc) is 3.87. The summed E-state index contributed by atoms with van der Waals surface area (Å²) >= 11 is 3.48. The van der Waals surface area contributed by atoms with Crippen molar-refractivity contribution in [1.82, 2.24) is 24.9 Å². The molecule has 0 fully saturated rings. The first kappa shape index (κ1) is 33.9. The van der Waals surface area contributed by atoms with E-state index in [1.54, 1.807) is 22.7 Å².